The minimum Gasteiger partial charge on any atom is -0.352 e. The van der Waals surface area contributed by atoms with Crippen molar-refractivity contribution in [2.75, 3.05) is 11.9 Å². The second kappa shape index (κ2) is 11.7. The van der Waals surface area contributed by atoms with Gasteiger partial charge in [0.05, 0.1) is 18.0 Å². The maximum Gasteiger partial charge on any atom is 0.251 e. The third kappa shape index (κ3) is 5.83. The van der Waals surface area contributed by atoms with Crippen molar-refractivity contribution in [3.05, 3.63) is 136 Å². The van der Waals surface area contributed by atoms with Crippen LogP contribution in [0.1, 0.15) is 32.7 Å². The van der Waals surface area contributed by atoms with Crippen molar-refractivity contribution in [3.8, 4) is 11.3 Å². The van der Waals surface area contributed by atoms with Gasteiger partial charge >= 0.3 is 0 Å². The van der Waals surface area contributed by atoms with E-state index < -0.39 is 0 Å². The average Bonchev–Trinajstić information content (AvgIpc) is 3.14. The highest BCUT2D eigenvalue weighted by atomic mass is 35.5. The number of nitrogens with one attached hydrogen (secondary N) is 2. The number of carbonyl (C=O) groups excluding carboxylic acids is 1. The third-order valence-corrected chi connectivity index (χ3v) is 6.92. The van der Waals surface area contributed by atoms with E-state index in [1.807, 2.05) is 24.3 Å². The van der Waals surface area contributed by atoms with E-state index in [-0.39, 0.29) is 18.3 Å². The molecule has 1 aliphatic heterocycles. The number of nitrogens with zero attached hydrogens (tertiary/aromatic N) is 4. The molecule has 6 rings (SSSR count). The van der Waals surface area contributed by atoms with E-state index in [1.165, 1.54) is 6.07 Å². The molecule has 3 aromatic carbocycles. The number of amides is 1. The predicted octanol–water partition coefficient (Wildman–Crippen LogP) is 6.40. The summed E-state index contributed by atoms with van der Waals surface area (Å²) in [5.41, 5.74) is 6.09. The van der Waals surface area contributed by atoms with Gasteiger partial charge in [0.15, 0.2) is 0 Å². The van der Waals surface area contributed by atoms with E-state index in [2.05, 4.69) is 20.6 Å². The topological polar surface area (TPSA) is 92.2 Å². The van der Waals surface area contributed by atoms with Gasteiger partial charge in [-0.3, -0.25) is 14.8 Å². The van der Waals surface area contributed by atoms with Gasteiger partial charge in [0.25, 0.3) is 5.91 Å². The van der Waals surface area contributed by atoms with Crippen LogP contribution >= 0.6 is 11.6 Å². The molecule has 0 spiro atoms. The molecular formula is C32H24ClFN6O. The number of hydrogen-bond acceptors (Lipinski definition) is 6. The second-order valence-electron chi connectivity index (χ2n) is 9.43. The number of carbonyl (C=O) groups is 1. The molecule has 0 bridgehead atoms. The fourth-order valence-corrected chi connectivity index (χ4v) is 4.83. The number of anilines is 2. The summed E-state index contributed by atoms with van der Waals surface area (Å²) < 4.78 is 14.8. The lowest BCUT2D eigenvalue weighted by atomic mass is 9.95. The number of fused-ring (bicyclic) bond motifs is 3. The summed E-state index contributed by atoms with van der Waals surface area (Å²) >= 11 is 6.35. The molecule has 0 aliphatic carbocycles. The molecule has 9 heteroatoms. The smallest absolute Gasteiger partial charge is 0.251 e. The van der Waals surface area contributed by atoms with Crippen LogP contribution in [-0.4, -0.2) is 33.1 Å². The molecular weight excluding hydrogens is 539 g/mol. The van der Waals surface area contributed by atoms with Gasteiger partial charge in [0, 0.05) is 69.6 Å². The van der Waals surface area contributed by atoms with Crippen molar-refractivity contribution in [2.45, 2.75) is 13.0 Å². The molecule has 41 heavy (non-hydrogen) atoms. The van der Waals surface area contributed by atoms with Crippen LogP contribution in [0.25, 0.3) is 11.3 Å². The van der Waals surface area contributed by atoms with Crippen molar-refractivity contribution in [2.24, 2.45) is 4.99 Å². The van der Waals surface area contributed by atoms with Gasteiger partial charge < -0.3 is 10.6 Å². The summed E-state index contributed by atoms with van der Waals surface area (Å²) in [6, 6.07) is 24.8. The molecule has 1 amide bonds. The van der Waals surface area contributed by atoms with Crippen molar-refractivity contribution in [1.29, 1.82) is 0 Å². The fourth-order valence-electron chi connectivity index (χ4n) is 4.65. The lowest BCUT2D eigenvalue weighted by molar-refractivity contribution is 0.0954. The first-order valence-electron chi connectivity index (χ1n) is 13.1. The molecule has 3 heterocycles. The summed E-state index contributed by atoms with van der Waals surface area (Å²) in [5, 5.41) is 6.65. The van der Waals surface area contributed by atoms with Crippen molar-refractivity contribution < 1.29 is 9.18 Å². The third-order valence-electron chi connectivity index (χ3n) is 6.69. The minimum atomic E-state index is -0.359. The maximum atomic E-state index is 14.8. The summed E-state index contributed by atoms with van der Waals surface area (Å²) in [4.78, 5) is 30.9. The van der Waals surface area contributed by atoms with Crippen molar-refractivity contribution >= 4 is 34.9 Å². The Morgan fingerprint density at radius 2 is 1.73 bits per heavy atom. The van der Waals surface area contributed by atoms with E-state index in [0.717, 1.165) is 22.5 Å². The first-order chi connectivity index (χ1) is 20.0. The summed E-state index contributed by atoms with van der Waals surface area (Å²) in [6.45, 7) is 0.781. The molecule has 2 N–H and O–H groups in total. The summed E-state index contributed by atoms with van der Waals surface area (Å²) in [6.07, 6.45) is 4.12. The molecule has 202 valence electrons. The van der Waals surface area contributed by atoms with Crippen LogP contribution in [0.5, 0.6) is 0 Å². The van der Waals surface area contributed by atoms with E-state index in [0.29, 0.717) is 52.0 Å². The Hall–Kier alpha value is -4.95. The van der Waals surface area contributed by atoms with Crippen LogP contribution in [-0.2, 0) is 13.0 Å². The second-order valence-corrected chi connectivity index (χ2v) is 9.87. The van der Waals surface area contributed by atoms with Gasteiger partial charge in [-0.15, -0.1) is 0 Å². The van der Waals surface area contributed by atoms with Crippen LogP contribution in [0.4, 0.5) is 16.0 Å². The van der Waals surface area contributed by atoms with Crippen LogP contribution in [0.3, 0.4) is 0 Å². The van der Waals surface area contributed by atoms with Crippen LogP contribution < -0.4 is 10.6 Å². The Bertz CT molecular complexity index is 1760. The molecule has 0 fully saturated rings. The van der Waals surface area contributed by atoms with Crippen LogP contribution in [0.15, 0.2) is 102 Å². The van der Waals surface area contributed by atoms with Crippen LogP contribution in [0.2, 0.25) is 5.02 Å². The first-order valence-corrected chi connectivity index (χ1v) is 13.4. The largest absolute Gasteiger partial charge is 0.352 e. The molecule has 0 saturated carbocycles. The number of benzene rings is 3. The number of aromatic nitrogens is 3. The summed E-state index contributed by atoms with van der Waals surface area (Å²) in [7, 11) is 0. The normalized spacial score (nSPS) is 12.0. The highest BCUT2D eigenvalue weighted by molar-refractivity contribution is 6.31. The van der Waals surface area contributed by atoms with E-state index >= 15 is 0 Å². The fraction of sp³-hybridized carbons (Fsp3) is 0.0938. The Labute approximate surface area is 241 Å². The highest BCUT2D eigenvalue weighted by Crippen LogP contribution is 2.34. The lowest BCUT2D eigenvalue weighted by Crippen LogP contribution is -2.25. The minimum absolute atomic E-state index is 0.158. The molecule has 0 unspecified atom stereocenters. The molecule has 7 nitrogen and oxygen atoms in total. The number of hydrogen-bond donors (Lipinski definition) is 2. The van der Waals surface area contributed by atoms with Gasteiger partial charge in [-0.25, -0.2) is 14.4 Å². The zero-order valence-corrected chi connectivity index (χ0v) is 22.6. The van der Waals surface area contributed by atoms with Crippen molar-refractivity contribution in [1.82, 2.24) is 20.3 Å². The molecule has 0 radical (unpaired) electrons. The van der Waals surface area contributed by atoms with Gasteiger partial charge in [0.2, 0.25) is 5.95 Å². The van der Waals surface area contributed by atoms with Crippen molar-refractivity contribution in [3.63, 3.8) is 0 Å². The highest BCUT2D eigenvalue weighted by Gasteiger charge is 2.23. The SMILES string of the molecule is O=C(NCCc1ccccn1)c1ccc(Nc2ncc3c(n2)-c2ccc(Cl)cc2C(c2ccccc2F)=NC3)cc1. The van der Waals surface area contributed by atoms with Gasteiger partial charge in [-0.1, -0.05) is 35.9 Å². The Balaban J connectivity index is 1.20. The van der Waals surface area contributed by atoms with Gasteiger partial charge in [-0.2, -0.15) is 0 Å². The Morgan fingerprint density at radius 1 is 0.902 bits per heavy atom. The first kappa shape index (κ1) is 26.3. The standard InChI is InChI=1S/C32H24ClFN6O/c33-22-10-13-25-27(17-22)30(26-6-1-2-7-28(26)34)37-18-21-19-38-32(40-29(21)25)39-24-11-8-20(9-12-24)31(41)36-16-14-23-5-3-4-15-35-23/h1-13,15,17,19H,14,16,18H2,(H,36,41)(H,38,39,40). The molecule has 0 atom stereocenters. The Morgan fingerprint density at radius 3 is 2.54 bits per heavy atom. The molecule has 1 aliphatic rings. The summed E-state index contributed by atoms with van der Waals surface area (Å²) in [5.74, 6) is -0.136. The average molecular weight is 563 g/mol. The number of halogens is 2. The van der Waals surface area contributed by atoms with Gasteiger partial charge in [0.1, 0.15) is 5.82 Å². The molecule has 0 saturated heterocycles. The van der Waals surface area contributed by atoms with Crippen LogP contribution in [0, 0.1) is 5.82 Å². The quantitative estimate of drug-likeness (QED) is 0.239. The Kier molecular flexibility index (Phi) is 7.47. The zero-order chi connectivity index (χ0) is 28.2. The predicted molar refractivity (Wildman–Crippen MR) is 158 cm³/mol. The van der Waals surface area contributed by atoms with E-state index in [4.69, 9.17) is 21.6 Å². The molecule has 2 aromatic heterocycles. The number of aliphatic imine (C=N–C) groups is 1. The molecule has 5 aromatic rings. The lowest BCUT2D eigenvalue weighted by Gasteiger charge is -2.13. The monoisotopic (exact) mass is 562 g/mol. The zero-order valence-electron chi connectivity index (χ0n) is 21.8. The maximum absolute atomic E-state index is 14.8. The van der Waals surface area contributed by atoms with Gasteiger partial charge in [-0.05, 0) is 60.7 Å². The van der Waals surface area contributed by atoms with E-state index in [1.54, 1.807) is 67.0 Å². The number of pyridine rings is 1. The van der Waals surface area contributed by atoms with E-state index in [9.17, 15) is 9.18 Å². The number of rotatable bonds is 7.